The predicted molar refractivity (Wildman–Crippen MR) is 121 cm³/mol. The van der Waals surface area contributed by atoms with E-state index < -0.39 is 0 Å². The smallest absolute Gasteiger partial charge is 0.253 e. The number of pyridine rings is 1. The zero-order valence-corrected chi connectivity index (χ0v) is 18.8. The molecule has 1 aliphatic carbocycles. The number of nitriles is 1. The Labute approximate surface area is 184 Å². The van der Waals surface area contributed by atoms with Gasteiger partial charge in [-0.2, -0.15) is 5.26 Å². The van der Waals surface area contributed by atoms with Gasteiger partial charge in [0.15, 0.2) is 0 Å². The molecule has 0 atom stereocenters. The van der Waals surface area contributed by atoms with E-state index in [-0.39, 0.29) is 17.4 Å². The summed E-state index contributed by atoms with van der Waals surface area (Å²) < 4.78 is 0. The van der Waals surface area contributed by atoms with E-state index in [9.17, 15) is 4.79 Å². The largest absolute Gasteiger partial charge is 0.372 e. The number of hydrogen-bond acceptors (Lipinski definition) is 4. The Bertz CT molecular complexity index is 935. The van der Waals surface area contributed by atoms with E-state index in [1.54, 1.807) is 12.3 Å². The van der Waals surface area contributed by atoms with Gasteiger partial charge >= 0.3 is 0 Å². The van der Waals surface area contributed by atoms with Crippen LogP contribution < -0.4 is 10.2 Å². The predicted octanol–water partition coefficient (Wildman–Crippen LogP) is 5.08. The third-order valence-electron chi connectivity index (χ3n) is 5.85. The van der Waals surface area contributed by atoms with Crippen LogP contribution in [0.2, 0.25) is 5.02 Å². The number of halogens is 1. The number of carbonyl (C=O) groups is 1. The van der Waals surface area contributed by atoms with Crippen LogP contribution in [0.4, 0.5) is 5.69 Å². The Balaban J connectivity index is 1.54. The highest BCUT2D eigenvalue weighted by Gasteiger charge is 2.26. The van der Waals surface area contributed by atoms with Crippen LogP contribution in [0.25, 0.3) is 0 Å². The first-order chi connectivity index (χ1) is 14.2. The molecule has 1 fully saturated rings. The number of anilines is 1. The lowest BCUT2D eigenvalue weighted by Crippen LogP contribution is -2.43. The first-order valence-electron chi connectivity index (χ1n) is 10.4. The summed E-state index contributed by atoms with van der Waals surface area (Å²) >= 11 is 6.18. The first kappa shape index (κ1) is 22.1. The monoisotopic (exact) mass is 424 g/mol. The summed E-state index contributed by atoms with van der Waals surface area (Å²) in [6.45, 7) is 6.32. The number of nitrogens with zero attached hydrogens (tertiary/aromatic N) is 3. The normalized spacial score (nSPS) is 19.1. The third-order valence-corrected chi connectivity index (χ3v) is 6.17. The van der Waals surface area contributed by atoms with E-state index in [0.29, 0.717) is 22.2 Å². The van der Waals surface area contributed by atoms with Crippen LogP contribution in [0.5, 0.6) is 0 Å². The molecule has 0 aliphatic heterocycles. The van der Waals surface area contributed by atoms with Crippen molar-refractivity contribution in [3.63, 3.8) is 0 Å². The topological polar surface area (TPSA) is 69.0 Å². The molecule has 0 bridgehead atoms. The van der Waals surface area contributed by atoms with Gasteiger partial charge in [0.1, 0.15) is 6.07 Å². The maximum Gasteiger partial charge on any atom is 0.253 e. The SMILES string of the molecule is CN(c1ccc(C#N)c(Cl)c1)C1CCC(NC(=O)c2ccc(C(C)(C)C)nc2)CC1. The molecule has 6 heteroatoms. The minimum Gasteiger partial charge on any atom is -0.372 e. The zero-order chi connectivity index (χ0) is 21.9. The molecule has 1 saturated carbocycles. The lowest BCUT2D eigenvalue weighted by molar-refractivity contribution is 0.0925. The van der Waals surface area contributed by atoms with Crippen LogP contribution in [-0.2, 0) is 5.41 Å². The van der Waals surface area contributed by atoms with Crippen molar-refractivity contribution in [1.29, 1.82) is 5.26 Å². The van der Waals surface area contributed by atoms with Crippen molar-refractivity contribution < 1.29 is 4.79 Å². The molecule has 30 heavy (non-hydrogen) atoms. The number of nitrogens with one attached hydrogen (secondary N) is 1. The fourth-order valence-corrected chi connectivity index (χ4v) is 4.09. The van der Waals surface area contributed by atoms with Gasteiger partial charge < -0.3 is 10.2 Å². The molecule has 3 rings (SSSR count). The standard InChI is InChI=1S/C24H29ClN4O/c1-24(2,3)22-12-6-17(15-27-22)23(30)28-18-7-10-19(11-8-18)29(4)20-9-5-16(14-26)21(25)13-20/h5-6,9,12-13,15,18-19H,7-8,10-11H2,1-4H3,(H,28,30). The maximum atomic E-state index is 12.6. The Morgan fingerprint density at radius 2 is 1.90 bits per heavy atom. The number of hydrogen-bond donors (Lipinski definition) is 1. The average molecular weight is 425 g/mol. The Morgan fingerprint density at radius 1 is 1.20 bits per heavy atom. The first-order valence-corrected chi connectivity index (χ1v) is 10.8. The summed E-state index contributed by atoms with van der Waals surface area (Å²) in [7, 11) is 2.06. The van der Waals surface area contributed by atoms with E-state index in [4.69, 9.17) is 16.9 Å². The van der Waals surface area contributed by atoms with Crippen LogP contribution in [-0.4, -0.2) is 30.0 Å². The molecule has 1 aromatic heterocycles. The summed E-state index contributed by atoms with van der Waals surface area (Å²) in [5.74, 6) is -0.0568. The quantitative estimate of drug-likeness (QED) is 0.742. The van der Waals surface area contributed by atoms with Gasteiger partial charge in [0.05, 0.1) is 16.1 Å². The highest BCUT2D eigenvalue weighted by Crippen LogP contribution is 2.29. The van der Waals surface area contributed by atoms with Gasteiger partial charge in [0, 0.05) is 42.1 Å². The molecule has 0 spiro atoms. The second kappa shape index (κ2) is 9.06. The van der Waals surface area contributed by atoms with E-state index in [1.807, 2.05) is 24.3 Å². The lowest BCUT2D eigenvalue weighted by Gasteiger charge is -2.36. The van der Waals surface area contributed by atoms with Crippen LogP contribution in [0.3, 0.4) is 0 Å². The summed E-state index contributed by atoms with van der Waals surface area (Å²) in [6.07, 6.45) is 5.50. The third kappa shape index (κ3) is 5.12. The highest BCUT2D eigenvalue weighted by molar-refractivity contribution is 6.32. The minimum absolute atomic E-state index is 0.0292. The van der Waals surface area contributed by atoms with E-state index in [0.717, 1.165) is 37.1 Å². The van der Waals surface area contributed by atoms with Crippen LogP contribution >= 0.6 is 11.6 Å². The number of aromatic nitrogens is 1. The molecule has 0 saturated heterocycles. The van der Waals surface area contributed by atoms with E-state index in [2.05, 4.69) is 49.1 Å². The Kier molecular flexibility index (Phi) is 6.67. The van der Waals surface area contributed by atoms with Gasteiger partial charge in [0.25, 0.3) is 5.91 Å². The second-order valence-electron chi connectivity index (χ2n) is 9.05. The lowest BCUT2D eigenvalue weighted by atomic mass is 9.89. The van der Waals surface area contributed by atoms with Crippen LogP contribution in [0.1, 0.15) is 68.1 Å². The molecule has 1 amide bonds. The maximum absolute atomic E-state index is 12.6. The summed E-state index contributed by atoms with van der Waals surface area (Å²) in [4.78, 5) is 19.3. The molecule has 1 aromatic carbocycles. The van der Waals surface area contributed by atoms with Crippen molar-refractivity contribution in [2.45, 2.75) is 64.0 Å². The fraction of sp³-hybridized carbons (Fsp3) is 0.458. The van der Waals surface area contributed by atoms with E-state index in [1.165, 1.54) is 0 Å². The Hall–Kier alpha value is -2.58. The van der Waals surface area contributed by atoms with Crippen molar-refractivity contribution in [3.8, 4) is 6.07 Å². The van der Waals surface area contributed by atoms with Crippen molar-refractivity contribution in [1.82, 2.24) is 10.3 Å². The minimum atomic E-state index is -0.0568. The summed E-state index contributed by atoms with van der Waals surface area (Å²) in [5, 5.41) is 12.7. The van der Waals surface area contributed by atoms with Gasteiger partial charge in [-0.1, -0.05) is 32.4 Å². The molecule has 0 radical (unpaired) electrons. The van der Waals surface area contributed by atoms with Gasteiger partial charge in [-0.25, -0.2) is 0 Å². The molecule has 5 nitrogen and oxygen atoms in total. The van der Waals surface area contributed by atoms with Gasteiger partial charge in [-0.05, 0) is 56.0 Å². The number of carbonyl (C=O) groups excluding carboxylic acids is 1. The molecular weight excluding hydrogens is 396 g/mol. The summed E-state index contributed by atoms with van der Waals surface area (Å²) in [5.41, 5.74) is 3.06. The van der Waals surface area contributed by atoms with Crippen molar-refractivity contribution >= 4 is 23.2 Å². The summed E-state index contributed by atoms with van der Waals surface area (Å²) in [6, 6.07) is 12.0. The van der Waals surface area contributed by atoms with Gasteiger partial charge in [0.2, 0.25) is 0 Å². The average Bonchev–Trinajstić information content (AvgIpc) is 2.73. The number of benzene rings is 1. The second-order valence-corrected chi connectivity index (χ2v) is 9.46. The fourth-order valence-electron chi connectivity index (χ4n) is 3.87. The molecule has 1 N–H and O–H groups in total. The molecule has 158 valence electrons. The molecule has 0 unspecified atom stereocenters. The molecule has 2 aromatic rings. The van der Waals surface area contributed by atoms with Gasteiger partial charge in [-0.3, -0.25) is 9.78 Å². The Morgan fingerprint density at radius 3 is 2.43 bits per heavy atom. The number of rotatable bonds is 4. The zero-order valence-electron chi connectivity index (χ0n) is 18.1. The molecular formula is C24H29ClN4O. The molecule has 1 aliphatic rings. The molecule has 1 heterocycles. The van der Waals surface area contributed by atoms with Gasteiger partial charge in [-0.15, -0.1) is 0 Å². The van der Waals surface area contributed by atoms with Crippen molar-refractivity contribution in [3.05, 3.63) is 58.4 Å². The highest BCUT2D eigenvalue weighted by atomic mass is 35.5. The van der Waals surface area contributed by atoms with E-state index >= 15 is 0 Å². The van der Waals surface area contributed by atoms with Crippen molar-refractivity contribution in [2.24, 2.45) is 0 Å². The van der Waals surface area contributed by atoms with Crippen LogP contribution in [0, 0.1) is 11.3 Å². The number of amides is 1. The van der Waals surface area contributed by atoms with Crippen molar-refractivity contribution in [2.75, 3.05) is 11.9 Å². The van der Waals surface area contributed by atoms with Crippen LogP contribution in [0.15, 0.2) is 36.5 Å².